The molecule has 0 aromatic carbocycles. The fourth-order valence-electron chi connectivity index (χ4n) is 1.71. The molecule has 0 bridgehead atoms. The first-order valence-corrected chi connectivity index (χ1v) is 6.57. The first kappa shape index (κ1) is 16.1. The predicted octanol–water partition coefficient (Wildman–Crippen LogP) is 1.26. The van der Waals surface area contributed by atoms with E-state index in [-0.39, 0.29) is 5.91 Å². The number of hydrogen-bond donors (Lipinski definition) is 2. The van der Waals surface area contributed by atoms with Crippen molar-refractivity contribution in [3.8, 4) is 0 Å². The topological polar surface area (TPSA) is 72.3 Å². The summed E-state index contributed by atoms with van der Waals surface area (Å²) in [5, 5.41) is 0. The van der Waals surface area contributed by atoms with E-state index >= 15 is 0 Å². The molecule has 0 aliphatic heterocycles. The Labute approximate surface area is 105 Å². The van der Waals surface area contributed by atoms with Crippen LogP contribution in [0.1, 0.15) is 38.5 Å². The highest BCUT2D eigenvalue weighted by molar-refractivity contribution is 5.86. The molecule has 0 unspecified atom stereocenters. The Morgan fingerprint density at radius 1 is 0.941 bits per heavy atom. The molecule has 0 aliphatic rings. The molecule has 0 radical (unpaired) electrons. The Balaban J connectivity index is 3.80. The van der Waals surface area contributed by atoms with Crippen molar-refractivity contribution in [1.29, 1.82) is 0 Å². The van der Waals surface area contributed by atoms with E-state index in [0.717, 1.165) is 64.7 Å². The molecule has 17 heavy (non-hydrogen) atoms. The molecule has 0 saturated carbocycles. The average molecular weight is 241 g/mol. The number of hydrogen-bond acceptors (Lipinski definition) is 3. The molecular formula is C13H27N3O. The number of nitrogens with zero attached hydrogens (tertiary/aromatic N) is 1. The highest BCUT2D eigenvalue weighted by Gasteiger charge is 2.08. The molecule has 0 atom stereocenters. The van der Waals surface area contributed by atoms with E-state index in [0.29, 0.717) is 0 Å². The molecule has 100 valence electrons. The van der Waals surface area contributed by atoms with Crippen molar-refractivity contribution in [3.63, 3.8) is 0 Å². The van der Waals surface area contributed by atoms with E-state index in [9.17, 15) is 4.79 Å². The van der Waals surface area contributed by atoms with E-state index in [1.54, 1.807) is 0 Å². The highest BCUT2D eigenvalue weighted by atomic mass is 16.2. The van der Waals surface area contributed by atoms with Crippen LogP contribution in [0, 0.1) is 0 Å². The summed E-state index contributed by atoms with van der Waals surface area (Å²) in [5.74, 6) is 0.0329. The first-order chi connectivity index (χ1) is 8.26. The zero-order chi connectivity index (χ0) is 12.9. The van der Waals surface area contributed by atoms with Crippen molar-refractivity contribution in [2.45, 2.75) is 38.5 Å². The number of rotatable bonds is 11. The molecule has 0 saturated heterocycles. The lowest BCUT2D eigenvalue weighted by Crippen LogP contribution is -2.31. The van der Waals surface area contributed by atoms with Crippen LogP contribution in [-0.2, 0) is 4.79 Å². The van der Waals surface area contributed by atoms with Crippen LogP contribution in [-0.4, -0.2) is 37.0 Å². The molecule has 4 heteroatoms. The summed E-state index contributed by atoms with van der Waals surface area (Å²) >= 11 is 0. The maximum atomic E-state index is 11.6. The normalized spacial score (nSPS) is 10.2. The summed E-state index contributed by atoms with van der Waals surface area (Å²) in [5.41, 5.74) is 10.9. The zero-order valence-corrected chi connectivity index (χ0v) is 10.9. The van der Waals surface area contributed by atoms with E-state index in [1.807, 2.05) is 4.90 Å². The van der Waals surface area contributed by atoms with Gasteiger partial charge < -0.3 is 16.4 Å². The van der Waals surface area contributed by atoms with Gasteiger partial charge in [-0.05, 0) is 44.8 Å². The lowest BCUT2D eigenvalue weighted by molar-refractivity contribution is -0.126. The molecule has 0 heterocycles. The monoisotopic (exact) mass is 241 g/mol. The third-order valence-corrected chi connectivity index (χ3v) is 2.75. The van der Waals surface area contributed by atoms with Gasteiger partial charge in [-0.1, -0.05) is 19.4 Å². The van der Waals surface area contributed by atoms with Crippen molar-refractivity contribution in [2.75, 3.05) is 26.2 Å². The minimum atomic E-state index is 0.0329. The molecule has 0 aromatic heterocycles. The van der Waals surface area contributed by atoms with E-state index < -0.39 is 0 Å². The number of carbonyl (C=O) groups excluding carboxylic acids is 1. The third-order valence-electron chi connectivity index (χ3n) is 2.75. The average Bonchev–Trinajstić information content (AvgIpc) is 2.36. The quantitative estimate of drug-likeness (QED) is 0.422. The van der Waals surface area contributed by atoms with E-state index in [1.165, 1.54) is 6.08 Å². The van der Waals surface area contributed by atoms with Crippen LogP contribution in [0.5, 0.6) is 0 Å². The zero-order valence-electron chi connectivity index (χ0n) is 10.9. The Kier molecular flexibility index (Phi) is 11.0. The Morgan fingerprint density at radius 2 is 1.41 bits per heavy atom. The Morgan fingerprint density at radius 3 is 1.76 bits per heavy atom. The molecular weight excluding hydrogens is 214 g/mol. The lowest BCUT2D eigenvalue weighted by atomic mass is 10.2. The van der Waals surface area contributed by atoms with Gasteiger partial charge in [0.1, 0.15) is 0 Å². The van der Waals surface area contributed by atoms with Crippen LogP contribution in [0.15, 0.2) is 12.7 Å². The van der Waals surface area contributed by atoms with Gasteiger partial charge >= 0.3 is 0 Å². The van der Waals surface area contributed by atoms with Crippen LogP contribution in [0.3, 0.4) is 0 Å². The van der Waals surface area contributed by atoms with E-state index in [4.69, 9.17) is 11.5 Å². The van der Waals surface area contributed by atoms with Crippen molar-refractivity contribution >= 4 is 5.91 Å². The van der Waals surface area contributed by atoms with Crippen molar-refractivity contribution < 1.29 is 4.79 Å². The highest BCUT2D eigenvalue weighted by Crippen LogP contribution is 2.03. The smallest absolute Gasteiger partial charge is 0.245 e. The second-order valence-electron chi connectivity index (χ2n) is 4.23. The number of carbonyl (C=O) groups is 1. The van der Waals surface area contributed by atoms with Gasteiger partial charge in [-0.3, -0.25) is 4.79 Å². The van der Waals surface area contributed by atoms with Crippen LogP contribution in [0.4, 0.5) is 0 Å². The third kappa shape index (κ3) is 8.89. The van der Waals surface area contributed by atoms with Crippen LogP contribution in [0.2, 0.25) is 0 Å². The van der Waals surface area contributed by atoms with Gasteiger partial charge in [0.25, 0.3) is 0 Å². The van der Waals surface area contributed by atoms with Crippen LogP contribution in [0.25, 0.3) is 0 Å². The van der Waals surface area contributed by atoms with Gasteiger partial charge in [0, 0.05) is 13.1 Å². The number of nitrogens with two attached hydrogens (primary N) is 2. The summed E-state index contributed by atoms with van der Waals surface area (Å²) in [6, 6.07) is 0. The largest absolute Gasteiger partial charge is 0.339 e. The summed E-state index contributed by atoms with van der Waals surface area (Å²) in [4.78, 5) is 13.5. The maximum Gasteiger partial charge on any atom is 0.245 e. The molecule has 0 fully saturated rings. The molecule has 1 amide bonds. The van der Waals surface area contributed by atoms with Crippen molar-refractivity contribution in [3.05, 3.63) is 12.7 Å². The molecule has 0 spiro atoms. The SMILES string of the molecule is C=CC(=O)N(CCCCCN)CCCCCN. The fourth-order valence-corrected chi connectivity index (χ4v) is 1.71. The van der Waals surface area contributed by atoms with Crippen molar-refractivity contribution in [2.24, 2.45) is 11.5 Å². The van der Waals surface area contributed by atoms with E-state index in [2.05, 4.69) is 6.58 Å². The number of amides is 1. The Hall–Kier alpha value is -0.870. The fraction of sp³-hybridized carbons (Fsp3) is 0.769. The second kappa shape index (κ2) is 11.6. The van der Waals surface area contributed by atoms with Gasteiger partial charge in [0.15, 0.2) is 0 Å². The summed E-state index contributed by atoms with van der Waals surface area (Å²) in [7, 11) is 0. The minimum Gasteiger partial charge on any atom is -0.339 e. The lowest BCUT2D eigenvalue weighted by Gasteiger charge is -2.21. The van der Waals surface area contributed by atoms with Crippen LogP contribution >= 0.6 is 0 Å². The second-order valence-corrected chi connectivity index (χ2v) is 4.23. The van der Waals surface area contributed by atoms with Crippen LogP contribution < -0.4 is 11.5 Å². The van der Waals surface area contributed by atoms with Gasteiger partial charge in [-0.25, -0.2) is 0 Å². The Bertz CT molecular complexity index is 195. The summed E-state index contributed by atoms with van der Waals surface area (Å²) < 4.78 is 0. The molecule has 0 rings (SSSR count). The summed E-state index contributed by atoms with van der Waals surface area (Å²) in [6.07, 6.45) is 7.67. The molecule has 0 aromatic rings. The van der Waals surface area contributed by atoms with Gasteiger partial charge in [-0.15, -0.1) is 0 Å². The molecule has 4 N–H and O–H groups in total. The summed E-state index contributed by atoms with van der Waals surface area (Å²) in [6.45, 7) is 6.62. The standard InChI is InChI=1S/C13H27N3O/c1-2-13(17)16(11-7-3-5-9-14)12-8-4-6-10-15/h2H,1,3-12,14-15H2. The van der Waals surface area contributed by atoms with Gasteiger partial charge in [-0.2, -0.15) is 0 Å². The molecule has 0 aliphatic carbocycles. The van der Waals surface area contributed by atoms with Crippen molar-refractivity contribution in [1.82, 2.24) is 4.90 Å². The van der Waals surface area contributed by atoms with Gasteiger partial charge in [0.05, 0.1) is 0 Å². The predicted molar refractivity (Wildman–Crippen MR) is 72.6 cm³/mol. The van der Waals surface area contributed by atoms with Gasteiger partial charge in [0.2, 0.25) is 5.91 Å². The molecule has 4 nitrogen and oxygen atoms in total. The maximum absolute atomic E-state index is 11.6. The first-order valence-electron chi connectivity index (χ1n) is 6.57. The number of unbranched alkanes of at least 4 members (excludes halogenated alkanes) is 4. The minimum absolute atomic E-state index is 0.0329.